The first-order valence-corrected chi connectivity index (χ1v) is 10.5. The summed E-state index contributed by atoms with van der Waals surface area (Å²) in [5.74, 6) is 0.957. The van der Waals surface area contributed by atoms with Crippen LogP contribution in [0.15, 0.2) is 24.8 Å². The Labute approximate surface area is 179 Å². The number of hydrogen-bond donors (Lipinski definition) is 3. The maximum Gasteiger partial charge on any atom is 0.407 e. The third kappa shape index (κ3) is 5.16. The van der Waals surface area contributed by atoms with Gasteiger partial charge >= 0.3 is 6.09 Å². The minimum absolute atomic E-state index is 0.0948. The molecule has 31 heavy (non-hydrogen) atoms. The highest BCUT2D eigenvalue weighted by Gasteiger charge is 2.30. The summed E-state index contributed by atoms with van der Waals surface area (Å²) in [4.78, 5) is 32.4. The second-order valence-electron chi connectivity index (χ2n) is 7.89. The van der Waals surface area contributed by atoms with E-state index < -0.39 is 0 Å². The molecule has 0 spiro atoms. The number of carbonyl (C=O) groups is 2. The Hall–Kier alpha value is -3.50. The Morgan fingerprint density at radius 2 is 2.23 bits per heavy atom. The van der Waals surface area contributed by atoms with E-state index in [1.165, 1.54) is 10.8 Å². The Kier molecular flexibility index (Phi) is 6.10. The van der Waals surface area contributed by atoms with Crippen LogP contribution in [0, 0.1) is 0 Å². The van der Waals surface area contributed by atoms with Crippen molar-refractivity contribution >= 4 is 23.6 Å². The summed E-state index contributed by atoms with van der Waals surface area (Å²) in [5, 5.41) is 16.8. The van der Waals surface area contributed by atoms with E-state index in [-0.39, 0.29) is 36.5 Å². The van der Waals surface area contributed by atoms with Crippen LogP contribution in [0.1, 0.15) is 56.7 Å². The zero-order valence-corrected chi connectivity index (χ0v) is 17.5. The van der Waals surface area contributed by atoms with Crippen LogP contribution in [0.25, 0.3) is 5.78 Å². The van der Waals surface area contributed by atoms with E-state index >= 15 is 0 Å². The minimum atomic E-state index is -0.365. The maximum atomic E-state index is 12.4. The number of anilines is 1. The van der Waals surface area contributed by atoms with E-state index in [2.05, 4.69) is 35.9 Å². The molecule has 2 amide bonds. The summed E-state index contributed by atoms with van der Waals surface area (Å²) < 4.78 is 7.05. The summed E-state index contributed by atoms with van der Waals surface area (Å²) in [6.07, 6.45) is 7.69. The van der Waals surface area contributed by atoms with Crippen molar-refractivity contribution in [2.45, 2.75) is 64.0 Å². The van der Waals surface area contributed by atoms with Gasteiger partial charge in [0.25, 0.3) is 5.78 Å². The van der Waals surface area contributed by atoms with Gasteiger partial charge in [0.15, 0.2) is 5.82 Å². The normalized spacial score (nSPS) is 19.3. The van der Waals surface area contributed by atoms with Crippen molar-refractivity contribution in [1.82, 2.24) is 35.1 Å². The summed E-state index contributed by atoms with van der Waals surface area (Å²) in [6, 6.07) is 1.93. The molecule has 0 saturated heterocycles. The standard InChI is InChI=1S/C20H26N8O3/c1-3-12(2)24-20(30)31-15-5-4-14(7-15)16-8-17(27-26-16)25-18(29)6-13-9-21-19-22-11-23-28(19)10-13/h8-12,14-15H,3-7H2,1-2H3,(H,24,30)(H2,25,26,27,29)/t12-,14-,15+/m0/s1. The van der Waals surface area contributed by atoms with Gasteiger partial charge in [0.05, 0.1) is 6.42 Å². The summed E-state index contributed by atoms with van der Waals surface area (Å²) in [6.45, 7) is 3.96. The molecule has 3 aromatic heterocycles. The van der Waals surface area contributed by atoms with E-state index in [1.807, 2.05) is 19.9 Å². The fourth-order valence-electron chi connectivity index (χ4n) is 3.65. The van der Waals surface area contributed by atoms with Crippen molar-refractivity contribution in [1.29, 1.82) is 0 Å². The lowest BCUT2D eigenvalue weighted by Crippen LogP contribution is -2.34. The third-order valence-electron chi connectivity index (χ3n) is 5.49. The average molecular weight is 426 g/mol. The van der Waals surface area contributed by atoms with Crippen LogP contribution in [0.2, 0.25) is 0 Å². The number of aromatic nitrogens is 6. The fourth-order valence-corrected chi connectivity index (χ4v) is 3.65. The molecule has 1 saturated carbocycles. The van der Waals surface area contributed by atoms with Crippen LogP contribution in [-0.2, 0) is 16.0 Å². The molecule has 4 rings (SSSR count). The van der Waals surface area contributed by atoms with Crippen LogP contribution >= 0.6 is 0 Å². The summed E-state index contributed by atoms with van der Waals surface area (Å²) in [7, 11) is 0. The van der Waals surface area contributed by atoms with Gasteiger partial charge in [-0.1, -0.05) is 6.92 Å². The number of ether oxygens (including phenoxy) is 1. The molecule has 1 fully saturated rings. The first kappa shape index (κ1) is 20.8. The number of fused-ring (bicyclic) bond motifs is 1. The van der Waals surface area contributed by atoms with Crippen molar-refractivity contribution in [3.63, 3.8) is 0 Å². The number of nitrogens with one attached hydrogen (secondary N) is 3. The van der Waals surface area contributed by atoms with Gasteiger partial charge in [-0.25, -0.2) is 14.3 Å². The van der Waals surface area contributed by atoms with Crippen LogP contribution in [0.4, 0.5) is 10.6 Å². The minimum Gasteiger partial charge on any atom is -0.446 e. The Morgan fingerprint density at radius 3 is 3.06 bits per heavy atom. The number of amides is 2. The molecule has 3 N–H and O–H groups in total. The first-order valence-electron chi connectivity index (χ1n) is 10.5. The molecule has 1 aliphatic carbocycles. The lowest BCUT2D eigenvalue weighted by Gasteiger charge is -2.16. The number of alkyl carbamates (subject to hydrolysis) is 1. The second-order valence-corrected chi connectivity index (χ2v) is 7.89. The SMILES string of the molecule is CC[C@H](C)NC(=O)O[C@@H]1CC[C@H](c2cc(NC(=O)Cc3cnc4ncnn4c3)n[nH]2)C1. The lowest BCUT2D eigenvalue weighted by atomic mass is 10.0. The number of rotatable bonds is 7. The van der Waals surface area contributed by atoms with Crippen molar-refractivity contribution < 1.29 is 14.3 Å². The molecule has 3 heterocycles. The third-order valence-corrected chi connectivity index (χ3v) is 5.49. The van der Waals surface area contributed by atoms with Gasteiger partial charge in [-0.15, -0.1) is 0 Å². The molecular weight excluding hydrogens is 400 g/mol. The monoisotopic (exact) mass is 426 g/mol. The highest BCUT2D eigenvalue weighted by Crippen LogP contribution is 2.35. The van der Waals surface area contributed by atoms with E-state index in [1.54, 1.807) is 12.4 Å². The zero-order chi connectivity index (χ0) is 21.8. The first-order chi connectivity index (χ1) is 15.0. The predicted molar refractivity (Wildman–Crippen MR) is 111 cm³/mol. The summed E-state index contributed by atoms with van der Waals surface area (Å²) >= 11 is 0. The smallest absolute Gasteiger partial charge is 0.407 e. The van der Waals surface area contributed by atoms with Gasteiger partial charge in [-0.3, -0.25) is 9.89 Å². The molecule has 1 aliphatic rings. The van der Waals surface area contributed by atoms with Crippen LogP contribution < -0.4 is 10.6 Å². The Balaban J connectivity index is 1.28. The van der Waals surface area contributed by atoms with Gasteiger partial charge < -0.3 is 15.4 Å². The number of carbonyl (C=O) groups excluding carboxylic acids is 2. The van der Waals surface area contributed by atoms with E-state index in [0.29, 0.717) is 11.6 Å². The Morgan fingerprint density at radius 1 is 1.35 bits per heavy atom. The van der Waals surface area contributed by atoms with Crippen LogP contribution in [-0.4, -0.2) is 53.9 Å². The summed E-state index contributed by atoms with van der Waals surface area (Å²) in [5.41, 5.74) is 1.65. The van der Waals surface area contributed by atoms with Gasteiger partial charge in [0.1, 0.15) is 12.4 Å². The predicted octanol–water partition coefficient (Wildman–Crippen LogP) is 2.19. The molecule has 164 valence electrons. The molecule has 0 aromatic carbocycles. The van der Waals surface area contributed by atoms with E-state index in [9.17, 15) is 9.59 Å². The molecule has 0 unspecified atom stereocenters. The number of aromatic amines is 1. The molecule has 3 atom stereocenters. The van der Waals surface area contributed by atoms with Crippen LogP contribution in [0.5, 0.6) is 0 Å². The molecule has 0 aliphatic heterocycles. The van der Waals surface area contributed by atoms with E-state index in [0.717, 1.165) is 36.9 Å². The quantitative estimate of drug-likeness (QED) is 0.526. The molecule has 11 heteroatoms. The molecule has 0 radical (unpaired) electrons. The fraction of sp³-hybridized carbons (Fsp3) is 0.500. The van der Waals surface area contributed by atoms with Crippen molar-refractivity contribution in [2.24, 2.45) is 0 Å². The van der Waals surface area contributed by atoms with Crippen molar-refractivity contribution in [2.75, 3.05) is 5.32 Å². The second kappa shape index (κ2) is 9.11. The molecule has 11 nitrogen and oxygen atoms in total. The Bertz CT molecular complexity index is 1060. The zero-order valence-electron chi connectivity index (χ0n) is 17.5. The number of nitrogens with zero attached hydrogens (tertiary/aromatic N) is 5. The molecular formula is C20H26N8O3. The number of H-pyrrole nitrogens is 1. The van der Waals surface area contributed by atoms with Gasteiger partial charge in [-0.05, 0) is 38.2 Å². The maximum absolute atomic E-state index is 12.4. The van der Waals surface area contributed by atoms with Gasteiger partial charge in [0.2, 0.25) is 5.91 Å². The van der Waals surface area contributed by atoms with Crippen molar-refractivity contribution in [3.8, 4) is 0 Å². The number of hydrogen-bond acceptors (Lipinski definition) is 7. The molecule has 0 bridgehead atoms. The van der Waals surface area contributed by atoms with Crippen LogP contribution in [0.3, 0.4) is 0 Å². The highest BCUT2D eigenvalue weighted by atomic mass is 16.6. The highest BCUT2D eigenvalue weighted by molar-refractivity contribution is 5.91. The molecule has 3 aromatic rings. The van der Waals surface area contributed by atoms with Crippen molar-refractivity contribution in [3.05, 3.63) is 36.0 Å². The average Bonchev–Trinajstić information content (AvgIpc) is 3.48. The lowest BCUT2D eigenvalue weighted by molar-refractivity contribution is -0.115. The topological polar surface area (TPSA) is 139 Å². The van der Waals surface area contributed by atoms with Gasteiger partial charge in [-0.2, -0.15) is 15.2 Å². The van der Waals surface area contributed by atoms with E-state index in [4.69, 9.17) is 4.74 Å². The largest absolute Gasteiger partial charge is 0.446 e. The van der Waals surface area contributed by atoms with Gasteiger partial charge in [0, 0.05) is 36.1 Å².